The molecule has 0 aliphatic heterocycles. The Balaban J connectivity index is 0.806. The van der Waals surface area contributed by atoms with Gasteiger partial charge in [0.2, 0.25) is 0 Å². The van der Waals surface area contributed by atoms with E-state index in [0.29, 0.717) is 0 Å². The molecule has 1 N–H and O–H groups in total. The lowest BCUT2D eigenvalue weighted by Crippen LogP contribution is -2.16. The van der Waals surface area contributed by atoms with E-state index in [1.165, 1.54) is 88.7 Å². The van der Waals surface area contributed by atoms with Crippen LogP contribution in [0.3, 0.4) is 0 Å². The minimum absolute atomic E-state index is 0.127. The van der Waals surface area contributed by atoms with Crippen LogP contribution in [0, 0.1) is 0 Å². The van der Waals surface area contributed by atoms with Crippen LogP contribution in [-0.2, 0) is 10.8 Å². The van der Waals surface area contributed by atoms with E-state index in [2.05, 4.69) is 322 Å². The van der Waals surface area contributed by atoms with Gasteiger partial charge < -0.3 is 14.8 Å². The quantitative estimate of drug-likeness (QED) is 0.147. The number of benzene rings is 12. The number of hydrogen-bond donors (Lipinski definition) is 1. The third-order valence-corrected chi connectivity index (χ3v) is 17.6. The molecule has 15 rings (SSSR count). The third-order valence-electron chi connectivity index (χ3n) is 17.6. The molecule has 12 aromatic carbocycles. The molecule has 2 aliphatic carbocycles. The molecule has 81 heavy (non-hydrogen) atoms. The van der Waals surface area contributed by atoms with E-state index < -0.39 is 0 Å². The number of nitrogens with zero attached hydrogens (tertiary/aromatic N) is 2. The predicted molar refractivity (Wildman–Crippen MR) is 342 cm³/mol. The van der Waals surface area contributed by atoms with Gasteiger partial charge in [0.25, 0.3) is 0 Å². The van der Waals surface area contributed by atoms with Crippen molar-refractivity contribution < 1.29 is 0 Å². The number of aromatic nitrogens is 1. The molecule has 0 saturated heterocycles. The molecule has 386 valence electrons. The summed E-state index contributed by atoms with van der Waals surface area (Å²) in [7, 11) is 0. The first-order chi connectivity index (χ1) is 39.7. The Morgan fingerprint density at radius 2 is 0.531 bits per heavy atom. The SMILES string of the molecule is CC1(C)c2ccccc2-c2ccc(N(c3ccc(-c4ccccc4)cc3)c3ccc(-c4cccc5[nH]c6cccc(-c7ccc(N(c8ccc(-c9ccccc9)cc8)c8ccc9c(c8)C(C)(C)c8ccccc8-9)cc7)c6c45)cc3)cc21. The van der Waals surface area contributed by atoms with E-state index in [-0.39, 0.29) is 10.8 Å². The Bertz CT molecular complexity index is 4240. The molecule has 0 amide bonds. The highest BCUT2D eigenvalue weighted by Gasteiger charge is 2.37. The number of rotatable bonds is 10. The maximum Gasteiger partial charge on any atom is 0.0471 e. The Kier molecular flexibility index (Phi) is 11.2. The van der Waals surface area contributed by atoms with E-state index in [0.717, 1.165) is 56.3 Å². The lowest BCUT2D eigenvalue weighted by molar-refractivity contribution is 0.660. The van der Waals surface area contributed by atoms with Crippen molar-refractivity contribution >= 4 is 55.9 Å². The van der Waals surface area contributed by atoms with Crippen LogP contribution in [0.2, 0.25) is 0 Å². The molecule has 0 radical (unpaired) electrons. The first-order valence-corrected chi connectivity index (χ1v) is 28.3. The maximum absolute atomic E-state index is 3.83. The summed E-state index contributed by atoms with van der Waals surface area (Å²) in [6, 6.07) is 103. The van der Waals surface area contributed by atoms with Crippen LogP contribution in [-0.4, -0.2) is 4.98 Å². The van der Waals surface area contributed by atoms with Crippen molar-refractivity contribution in [3.05, 3.63) is 301 Å². The van der Waals surface area contributed by atoms with Crippen molar-refractivity contribution in [1.82, 2.24) is 4.98 Å². The van der Waals surface area contributed by atoms with Crippen molar-refractivity contribution in [2.75, 3.05) is 9.80 Å². The summed E-state index contributed by atoms with van der Waals surface area (Å²) in [5.74, 6) is 0. The van der Waals surface area contributed by atoms with Gasteiger partial charge in [-0.2, -0.15) is 0 Å². The van der Waals surface area contributed by atoms with Crippen LogP contribution < -0.4 is 9.80 Å². The van der Waals surface area contributed by atoms with Gasteiger partial charge in [-0.3, -0.25) is 0 Å². The lowest BCUT2D eigenvalue weighted by atomic mass is 9.82. The number of hydrogen-bond acceptors (Lipinski definition) is 2. The number of nitrogens with one attached hydrogen (secondary N) is 1. The molecule has 0 atom stereocenters. The van der Waals surface area contributed by atoms with Gasteiger partial charge in [0.1, 0.15) is 0 Å². The van der Waals surface area contributed by atoms with Crippen molar-refractivity contribution in [2.24, 2.45) is 0 Å². The summed E-state index contributed by atoms with van der Waals surface area (Å²) in [5.41, 5.74) is 28.9. The summed E-state index contributed by atoms with van der Waals surface area (Å²) in [5, 5.41) is 2.44. The predicted octanol–water partition coefficient (Wildman–Crippen LogP) is 21.5. The van der Waals surface area contributed by atoms with Crippen molar-refractivity contribution in [2.45, 2.75) is 38.5 Å². The highest BCUT2D eigenvalue weighted by molar-refractivity contribution is 6.19. The minimum atomic E-state index is -0.127. The second kappa shape index (κ2) is 18.9. The van der Waals surface area contributed by atoms with Gasteiger partial charge in [0.05, 0.1) is 0 Å². The van der Waals surface area contributed by atoms with Crippen LogP contribution in [0.15, 0.2) is 279 Å². The average molecular weight is 1040 g/mol. The smallest absolute Gasteiger partial charge is 0.0471 e. The van der Waals surface area contributed by atoms with Gasteiger partial charge in [0.15, 0.2) is 0 Å². The Morgan fingerprint density at radius 3 is 0.914 bits per heavy atom. The number of fused-ring (bicyclic) bond motifs is 9. The molecule has 0 spiro atoms. The molecule has 1 aromatic heterocycles. The van der Waals surface area contributed by atoms with E-state index in [1.54, 1.807) is 0 Å². The fraction of sp³-hybridized carbons (Fsp3) is 0.0769. The second-order valence-electron chi connectivity index (χ2n) is 23.0. The van der Waals surface area contributed by atoms with Crippen molar-refractivity contribution in [3.63, 3.8) is 0 Å². The van der Waals surface area contributed by atoms with Gasteiger partial charge in [-0.1, -0.05) is 222 Å². The summed E-state index contributed by atoms with van der Waals surface area (Å²) in [6.45, 7) is 9.43. The monoisotopic (exact) mass is 1040 g/mol. The molecule has 0 bridgehead atoms. The number of aromatic amines is 1. The first-order valence-electron chi connectivity index (χ1n) is 28.3. The van der Waals surface area contributed by atoms with Gasteiger partial charge in [0, 0.05) is 66.8 Å². The lowest BCUT2D eigenvalue weighted by Gasteiger charge is -2.28. The average Bonchev–Trinajstić information content (AvgIpc) is 4.33. The molecule has 13 aromatic rings. The Morgan fingerprint density at radius 1 is 0.235 bits per heavy atom. The fourth-order valence-corrected chi connectivity index (χ4v) is 13.5. The summed E-state index contributed by atoms with van der Waals surface area (Å²) >= 11 is 0. The molecule has 3 nitrogen and oxygen atoms in total. The molecule has 0 fully saturated rings. The Hall–Kier alpha value is -9.96. The number of anilines is 6. The molecule has 2 aliphatic rings. The standard InChI is InChI=1S/C78H59N3/c1-77(2)69-25-13-11-21-65(69)67-47-45-61(49-71(67)77)80(57-37-29-53(30-38-57)51-17-7-5-8-18-51)59-41-33-55(34-42-59)63-23-15-27-73-75(63)76-64(24-16-28-74(76)79-73)56-35-43-60(44-36-56)81(58-39-31-54(32-40-58)52-19-9-6-10-20-52)62-46-48-68-66-22-12-14-26-70(66)78(3,4)72(68)50-62/h5-50,79H,1-4H3. The third kappa shape index (κ3) is 7.94. The maximum atomic E-state index is 3.83. The molecule has 1 heterocycles. The molecule has 0 unspecified atom stereocenters. The zero-order chi connectivity index (χ0) is 54.4. The van der Waals surface area contributed by atoms with Gasteiger partial charge in [-0.15, -0.1) is 0 Å². The zero-order valence-corrected chi connectivity index (χ0v) is 46.0. The van der Waals surface area contributed by atoms with Crippen LogP contribution in [0.1, 0.15) is 49.9 Å². The molecular weight excluding hydrogens is 979 g/mol. The topological polar surface area (TPSA) is 22.3 Å². The molecule has 3 heteroatoms. The summed E-state index contributed by atoms with van der Waals surface area (Å²) < 4.78 is 0. The zero-order valence-electron chi connectivity index (χ0n) is 46.0. The largest absolute Gasteiger partial charge is 0.354 e. The van der Waals surface area contributed by atoms with Gasteiger partial charge >= 0.3 is 0 Å². The van der Waals surface area contributed by atoms with Crippen LogP contribution in [0.25, 0.3) is 88.6 Å². The molecule has 0 saturated carbocycles. The minimum Gasteiger partial charge on any atom is -0.354 e. The van der Waals surface area contributed by atoms with Crippen molar-refractivity contribution in [3.8, 4) is 66.8 Å². The van der Waals surface area contributed by atoms with E-state index in [1.807, 2.05) is 0 Å². The Labute approximate surface area is 474 Å². The van der Waals surface area contributed by atoms with Gasteiger partial charge in [-0.05, 0) is 174 Å². The van der Waals surface area contributed by atoms with E-state index in [4.69, 9.17) is 0 Å². The van der Waals surface area contributed by atoms with E-state index in [9.17, 15) is 0 Å². The fourth-order valence-electron chi connectivity index (χ4n) is 13.5. The second-order valence-corrected chi connectivity index (χ2v) is 23.0. The highest BCUT2D eigenvalue weighted by atomic mass is 15.1. The van der Waals surface area contributed by atoms with Crippen LogP contribution in [0.5, 0.6) is 0 Å². The first kappa shape index (κ1) is 48.2. The van der Waals surface area contributed by atoms with Crippen LogP contribution >= 0.6 is 0 Å². The molecular formula is C78H59N3. The van der Waals surface area contributed by atoms with Crippen molar-refractivity contribution in [1.29, 1.82) is 0 Å². The number of H-pyrrole nitrogens is 1. The highest BCUT2D eigenvalue weighted by Crippen LogP contribution is 2.53. The van der Waals surface area contributed by atoms with E-state index >= 15 is 0 Å². The summed E-state index contributed by atoms with van der Waals surface area (Å²) in [6.07, 6.45) is 0. The van der Waals surface area contributed by atoms with Crippen LogP contribution in [0.4, 0.5) is 34.1 Å². The summed E-state index contributed by atoms with van der Waals surface area (Å²) in [4.78, 5) is 8.65. The normalized spacial score (nSPS) is 13.4. The van der Waals surface area contributed by atoms with Gasteiger partial charge in [-0.25, -0.2) is 0 Å².